The van der Waals surface area contributed by atoms with Gasteiger partial charge < -0.3 is 35.6 Å². The van der Waals surface area contributed by atoms with Crippen molar-refractivity contribution in [2.75, 3.05) is 0 Å². The number of nitrogens with two attached hydrogens (primary N) is 1. The summed E-state index contributed by atoms with van der Waals surface area (Å²) in [7, 11) is 0. The third-order valence-electron chi connectivity index (χ3n) is 7.18. The van der Waals surface area contributed by atoms with Crippen LogP contribution in [-0.2, 0) is 23.9 Å². The van der Waals surface area contributed by atoms with Gasteiger partial charge in [-0.05, 0) is 32.3 Å². The highest BCUT2D eigenvalue weighted by Gasteiger charge is 2.35. The van der Waals surface area contributed by atoms with E-state index in [1.807, 2.05) is 19.9 Å². The highest BCUT2D eigenvalue weighted by Crippen LogP contribution is 2.27. The van der Waals surface area contributed by atoms with Gasteiger partial charge in [0.1, 0.15) is 18.0 Å². The molecule has 256 valence electrons. The number of halogens is 2. The number of carbonyl (C=O) groups is 4. The average molecular weight is 776 g/mol. The van der Waals surface area contributed by atoms with E-state index in [1.54, 1.807) is 49.5 Å². The van der Waals surface area contributed by atoms with Crippen LogP contribution in [0.15, 0.2) is 70.8 Å². The Morgan fingerprint density at radius 1 is 1.00 bits per heavy atom. The van der Waals surface area contributed by atoms with Crippen molar-refractivity contribution < 1.29 is 49.1 Å². The highest BCUT2D eigenvalue weighted by molar-refractivity contribution is 9.11. The summed E-state index contributed by atoms with van der Waals surface area (Å²) in [5.41, 5.74) is 5.97. The molecule has 6 N–H and O–H groups in total. The number of rotatable bonds is 18. The fourth-order valence-electron chi connectivity index (χ4n) is 4.41. The number of primary amides is 1. The summed E-state index contributed by atoms with van der Waals surface area (Å²) >= 11 is 6.72. The van der Waals surface area contributed by atoms with Gasteiger partial charge in [0.2, 0.25) is 0 Å². The van der Waals surface area contributed by atoms with Gasteiger partial charge in [-0.3, -0.25) is 9.59 Å². The summed E-state index contributed by atoms with van der Waals surface area (Å²) in [4.78, 5) is 46.2. The van der Waals surface area contributed by atoms with Crippen LogP contribution in [0.25, 0.3) is 0 Å². The summed E-state index contributed by atoms with van der Waals surface area (Å²) in [6.45, 7) is 5.49. The van der Waals surface area contributed by atoms with Crippen molar-refractivity contribution in [3.63, 3.8) is 0 Å². The molecule has 0 aromatic heterocycles. The minimum Gasteiger partial charge on any atom is -0.481 e. The number of aliphatic hydroxyl groups excluding tert-OH is 3. The van der Waals surface area contributed by atoms with Crippen LogP contribution >= 0.6 is 31.9 Å². The molecule has 1 rings (SSSR count). The number of hydrogen-bond donors (Lipinski definition) is 5. The second-order valence-corrected chi connectivity index (χ2v) is 13.0. The van der Waals surface area contributed by atoms with Gasteiger partial charge >= 0.3 is 18.0 Å². The molecule has 0 aromatic carbocycles. The Hall–Kier alpha value is -2.84. The van der Waals surface area contributed by atoms with Crippen molar-refractivity contribution in [3.05, 3.63) is 70.8 Å². The molecule has 8 atom stereocenters. The number of aliphatic carboxylic acids is 1. The number of esters is 1. The van der Waals surface area contributed by atoms with E-state index in [2.05, 4.69) is 31.9 Å². The number of alkyl halides is 1. The normalized spacial score (nSPS) is 23.0. The predicted octanol–water partition coefficient (Wildman–Crippen LogP) is 4.94. The van der Waals surface area contributed by atoms with E-state index < -0.39 is 65.2 Å². The number of aliphatic hydroxyl groups is 3. The number of amides is 1. The van der Waals surface area contributed by atoms with E-state index in [9.17, 15) is 34.5 Å². The first-order chi connectivity index (χ1) is 21.7. The molecule has 0 bridgehead atoms. The molecule has 11 nitrogen and oxygen atoms in total. The molecule has 1 saturated carbocycles. The fourth-order valence-corrected chi connectivity index (χ4v) is 5.34. The van der Waals surface area contributed by atoms with E-state index >= 15 is 0 Å². The summed E-state index contributed by atoms with van der Waals surface area (Å²) < 4.78 is 10.9. The molecule has 0 heterocycles. The van der Waals surface area contributed by atoms with Crippen molar-refractivity contribution in [2.24, 2.45) is 17.6 Å². The van der Waals surface area contributed by atoms with E-state index in [1.165, 1.54) is 12.2 Å². The zero-order valence-electron chi connectivity index (χ0n) is 26.2. The molecule has 0 aromatic rings. The quantitative estimate of drug-likeness (QED) is 0.0419. The van der Waals surface area contributed by atoms with Crippen molar-refractivity contribution in [3.8, 4) is 0 Å². The molecule has 0 saturated heterocycles. The minimum atomic E-state index is -1.18. The molecule has 1 fully saturated rings. The van der Waals surface area contributed by atoms with Gasteiger partial charge in [0, 0.05) is 35.7 Å². The molecule has 0 spiro atoms. The zero-order valence-corrected chi connectivity index (χ0v) is 29.4. The maximum absolute atomic E-state index is 12.6. The number of ether oxygens (including phenoxy) is 2. The van der Waals surface area contributed by atoms with Gasteiger partial charge in [-0.1, -0.05) is 99.9 Å². The van der Waals surface area contributed by atoms with Gasteiger partial charge in [-0.25, -0.2) is 9.59 Å². The van der Waals surface area contributed by atoms with Crippen LogP contribution < -0.4 is 5.73 Å². The third-order valence-corrected chi connectivity index (χ3v) is 9.30. The molecule has 1 aliphatic carbocycles. The molecule has 0 radical (unpaired) electrons. The first kappa shape index (κ1) is 41.2. The van der Waals surface area contributed by atoms with Gasteiger partial charge in [0.05, 0.1) is 29.1 Å². The SMILES string of the molecule is CC/C=C/[C@@H](OC(N)=O)[C@@H](Br)[C@H](O)CC(=O)C[C@H](O)[C@H](C)/C(Br)=C/C=C/C=C(C)/C=C/C=C/C(=O)O[C@@H]1C[C@@H](C(=O)O)CC[C@@H]1O. The topological polar surface area (TPSA) is 194 Å². The Bertz CT molecular complexity index is 1210. The summed E-state index contributed by atoms with van der Waals surface area (Å²) in [6, 6.07) is 0. The molecule has 13 heteroatoms. The fraction of sp³-hybridized carbons (Fsp3) is 0.515. The maximum atomic E-state index is 12.6. The monoisotopic (exact) mass is 773 g/mol. The van der Waals surface area contributed by atoms with Crippen molar-refractivity contribution in [2.45, 2.75) is 94.6 Å². The van der Waals surface area contributed by atoms with Gasteiger partial charge in [0.25, 0.3) is 0 Å². The molecular formula is C33H45Br2NO10. The van der Waals surface area contributed by atoms with E-state index in [4.69, 9.17) is 20.3 Å². The summed E-state index contributed by atoms with van der Waals surface area (Å²) in [5.74, 6) is -3.05. The number of carboxylic acids is 1. The Morgan fingerprint density at radius 2 is 1.63 bits per heavy atom. The molecular weight excluding hydrogens is 730 g/mol. The largest absolute Gasteiger partial charge is 0.481 e. The van der Waals surface area contributed by atoms with Crippen LogP contribution in [0.2, 0.25) is 0 Å². The van der Waals surface area contributed by atoms with Gasteiger partial charge in [0.15, 0.2) is 0 Å². The van der Waals surface area contributed by atoms with Gasteiger partial charge in [-0.15, -0.1) is 0 Å². The average Bonchev–Trinajstić information content (AvgIpc) is 2.99. The first-order valence-electron chi connectivity index (χ1n) is 15.0. The van der Waals surface area contributed by atoms with Crippen molar-refractivity contribution in [1.82, 2.24) is 0 Å². The summed E-state index contributed by atoms with van der Waals surface area (Å²) in [5, 5.41) is 40.3. The third kappa shape index (κ3) is 16.1. The second kappa shape index (κ2) is 21.9. The van der Waals surface area contributed by atoms with Crippen LogP contribution in [-0.4, -0.2) is 79.6 Å². The van der Waals surface area contributed by atoms with Crippen LogP contribution in [0.1, 0.15) is 59.3 Å². The summed E-state index contributed by atoms with van der Waals surface area (Å²) in [6.07, 6.45) is 11.6. The number of Topliss-reactive ketones (excluding diaryl/α,β-unsaturated/α-hetero) is 1. The number of hydrogen-bond acceptors (Lipinski definition) is 9. The molecule has 1 amide bonds. The lowest BCUT2D eigenvalue weighted by atomic mass is 9.85. The van der Waals surface area contributed by atoms with Crippen molar-refractivity contribution >= 4 is 55.7 Å². The van der Waals surface area contributed by atoms with E-state index in [0.717, 1.165) is 5.57 Å². The molecule has 1 aliphatic rings. The highest BCUT2D eigenvalue weighted by atomic mass is 79.9. The Morgan fingerprint density at radius 3 is 2.26 bits per heavy atom. The van der Waals surface area contributed by atoms with Crippen molar-refractivity contribution in [1.29, 1.82) is 0 Å². The molecule has 0 unspecified atom stereocenters. The first-order valence-corrected chi connectivity index (χ1v) is 16.7. The number of carboxylic acid groups (broad SMARTS) is 1. The Balaban J connectivity index is 2.58. The number of ketones is 1. The van der Waals surface area contributed by atoms with Crippen LogP contribution in [0, 0.1) is 11.8 Å². The molecule has 46 heavy (non-hydrogen) atoms. The Labute approximate surface area is 286 Å². The van der Waals surface area contributed by atoms with Crippen LogP contribution in [0.5, 0.6) is 0 Å². The van der Waals surface area contributed by atoms with Crippen LogP contribution in [0.4, 0.5) is 4.79 Å². The van der Waals surface area contributed by atoms with E-state index in [0.29, 0.717) is 17.3 Å². The lowest BCUT2D eigenvalue weighted by Crippen LogP contribution is -2.39. The lowest BCUT2D eigenvalue weighted by Gasteiger charge is -2.30. The minimum absolute atomic E-state index is 0.0806. The predicted molar refractivity (Wildman–Crippen MR) is 181 cm³/mol. The molecule has 0 aliphatic heterocycles. The van der Waals surface area contributed by atoms with Crippen LogP contribution in [0.3, 0.4) is 0 Å². The Kier molecular flexibility index (Phi) is 19.6. The number of allylic oxidation sites excluding steroid dienone is 9. The smallest absolute Gasteiger partial charge is 0.405 e. The maximum Gasteiger partial charge on any atom is 0.405 e. The van der Waals surface area contributed by atoms with E-state index in [-0.39, 0.29) is 31.5 Å². The number of carbonyl (C=O) groups excluding carboxylic acids is 3. The van der Waals surface area contributed by atoms with Gasteiger partial charge in [-0.2, -0.15) is 0 Å². The zero-order chi connectivity index (χ0) is 34.8. The standard InChI is InChI=1S/C33H45Br2NO10/c1-4-5-13-28(46-33(36)44)31(35)27(40)19-23(37)18-26(39)21(3)24(34)12-8-6-10-20(2)11-7-9-14-30(41)45-29-17-22(32(42)43)15-16-25(29)38/h5-14,21-22,25-29,31,38-40H,4,15-19H2,1-3H3,(H2,36,44)(H,42,43)/b8-6+,11-7+,13-5+,14-9+,20-10+,24-12-/t21-,22+,25+,26+,27-,28-,29-,31+/m1/s1. The lowest BCUT2D eigenvalue weighted by molar-refractivity contribution is -0.159. The second-order valence-electron chi connectivity index (χ2n) is 11.0.